The van der Waals surface area contributed by atoms with E-state index in [9.17, 15) is 4.79 Å². The lowest BCUT2D eigenvalue weighted by molar-refractivity contribution is -0.123. The number of rotatable bonds is 9. The molecule has 0 aromatic heterocycles. The van der Waals surface area contributed by atoms with E-state index in [1.165, 1.54) is 11.1 Å². The lowest BCUT2D eigenvalue weighted by atomic mass is 9.97. The Bertz CT molecular complexity index is 862. The van der Waals surface area contributed by atoms with Crippen LogP contribution in [0.15, 0.2) is 59.6 Å². The van der Waals surface area contributed by atoms with E-state index in [1.54, 1.807) is 7.05 Å². The topological polar surface area (TPSA) is 92.0 Å². The number of piperidine rings is 1. The van der Waals surface area contributed by atoms with Gasteiger partial charge in [-0.15, -0.1) is 24.0 Å². The maximum atomic E-state index is 11.5. The number of halogens is 1. The van der Waals surface area contributed by atoms with Gasteiger partial charge in [0.1, 0.15) is 12.4 Å². The fourth-order valence-electron chi connectivity index (χ4n) is 3.79. The average molecular weight is 551 g/mol. The number of nitrogens with zero attached hydrogens (tertiary/aromatic N) is 2. The highest BCUT2D eigenvalue weighted by Crippen LogP contribution is 2.18. The van der Waals surface area contributed by atoms with Crippen LogP contribution in [0.25, 0.3) is 0 Å². The molecule has 1 aliphatic rings. The van der Waals surface area contributed by atoms with Gasteiger partial charge in [0, 0.05) is 26.7 Å². The summed E-state index contributed by atoms with van der Waals surface area (Å²) in [5.74, 6) is 1.39. The summed E-state index contributed by atoms with van der Waals surface area (Å²) in [5.41, 5.74) is 7.93. The highest BCUT2D eigenvalue weighted by Gasteiger charge is 2.23. The van der Waals surface area contributed by atoms with Crippen molar-refractivity contribution in [1.82, 2.24) is 15.5 Å². The normalized spacial score (nSPS) is 16.7. The molecule has 8 heteroatoms. The Hall–Kier alpha value is -2.33. The van der Waals surface area contributed by atoms with E-state index in [4.69, 9.17) is 10.5 Å². The molecule has 174 valence electrons. The van der Waals surface area contributed by atoms with Gasteiger partial charge in [-0.25, -0.2) is 0 Å². The Morgan fingerprint density at radius 1 is 1.16 bits per heavy atom. The third kappa shape index (κ3) is 8.66. The molecule has 1 fully saturated rings. The molecule has 2 aromatic rings. The summed E-state index contributed by atoms with van der Waals surface area (Å²) in [6.45, 7) is 4.48. The van der Waals surface area contributed by atoms with Crippen molar-refractivity contribution in [2.24, 2.45) is 16.6 Å². The SMILES string of the molecule is CN=C(NCCOc1ccccc1)NCc1cccc(CN2CCCC(C(N)=O)C2)c1.I. The number of carbonyl (C=O) groups excluding carboxylic acids is 1. The molecule has 0 bridgehead atoms. The molecule has 2 aromatic carbocycles. The van der Waals surface area contributed by atoms with Crippen molar-refractivity contribution in [1.29, 1.82) is 0 Å². The predicted octanol–water partition coefficient (Wildman–Crippen LogP) is 2.75. The number of aliphatic imine (C=N–C) groups is 1. The minimum absolute atomic E-state index is 0. The zero-order chi connectivity index (χ0) is 21.9. The largest absolute Gasteiger partial charge is 0.492 e. The van der Waals surface area contributed by atoms with Gasteiger partial charge in [-0.3, -0.25) is 14.7 Å². The molecule has 7 nitrogen and oxygen atoms in total. The van der Waals surface area contributed by atoms with Crippen LogP contribution < -0.4 is 21.1 Å². The summed E-state index contributed by atoms with van der Waals surface area (Å²) < 4.78 is 5.70. The molecule has 1 amide bonds. The molecule has 0 spiro atoms. The van der Waals surface area contributed by atoms with Crippen LogP contribution in [0.4, 0.5) is 0 Å². The molecule has 0 radical (unpaired) electrons. The van der Waals surface area contributed by atoms with Gasteiger partial charge in [0.05, 0.1) is 12.5 Å². The van der Waals surface area contributed by atoms with Gasteiger partial charge >= 0.3 is 0 Å². The van der Waals surface area contributed by atoms with E-state index in [0.717, 1.165) is 44.2 Å². The lowest BCUT2D eigenvalue weighted by Crippen LogP contribution is -2.40. The molecule has 1 atom stereocenters. The molecule has 3 rings (SSSR count). The van der Waals surface area contributed by atoms with Crippen LogP contribution in [0, 0.1) is 5.92 Å². The fraction of sp³-hybridized carbons (Fsp3) is 0.417. The van der Waals surface area contributed by atoms with E-state index in [2.05, 4.69) is 44.8 Å². The third-order valence-corrected chi connectivity index (χ3v) is 5.40. The van der Waals surface area contributed by atoms with Gasteiger partial charge in [0.25, 0.3) is 0 Å². The van der Waals surface area contributed by atoms with E-state index in [0.29, 0.717) is 19.7 Å². The zero-order valence-corrected chi connectivity index (χ0v) is 21.0. The zero-order valence-electron chi connectivity index (χ0n) is 18.6. The Morgan fingerprint density at radius 3 is 2.69 bits per heavy atom. The van der Waals surface area contributed by atoms with Crippen LogP contribution in [-0.2, 0) is 17.9 Å². The molecule has 1 saturated heterocycles. The lowest BCUT2D eigenvalue weighted by Gasteiger charge is -2.31. The van der Waals surface area contributed by atoms with E-state index in [-0.39, 0.29) is 35.8 Å². The second-order valence-corrected chi connectivity index (χ2v) is 7.81. The molecular formula is C24H34IN5O2. The number of primary amides is 1. The van der Waals surface area contributed by atoms with Crippen molar-refractivity contribution in [3.8, 4) is 5.75 Å². The van der Waals surface area contributed by atoms with Gasteiger partial charge in [-0.2, -0.15) is 0 Å². The first kappa shape index (κ1) is 25.9. The minimum atomic E-state index is -0.185. The second-order valence-electron chi connectivity index (χ2n) is 7.81. The van der Waals surface area contributed by atoms with Crippen LogP contribution in [-0.4, -0.2) is 50.1 Å². The van der Waals surface area contributed by atoms with Crippen LogP contribution in [0.2, 0.25) is 0 Å². The summed E-state index contributed by atoms with van der Waals surface area (Å²) in [7, 11) is 1.76. The van der Waals surface area contributed by atoms with Crippen molar-refractivity contribution in [3.63, 3.8) is 0 Å². The van der Waals surface area contributed by atoms with Gasteiger partial charge in [0.15, 0.2) is 5.96 Å². The van der Waals surface area contributed by atoms with Gasteiger partial charge in [-0.1, -0.05) is 42.5 Å². The highest BCUT2D eigenvalue weighted by atomic mass is 127. The molecule has 0 aliphatic carbocycles. The Kier molecular flexibility index (Phi) is 11.3. The number of hydrogen-bond donors (Lipinski definition) is 3. The van der Waals surface area contributed by atoms with Crippen molar-refractivity contribution in [2.45, 2.75) is 25.9 Å². The number of amides is 1. The average Bonchev–Trinajstić information content (AvgIpc) is 2.80. The Morgan fingerprint density at radius 2 is 1.94 bits per heavy atom. The third-order valence-electron chi connectivity index (χ3n) is 5.40. The van der Waals surface area contributed by atoms with Crippen molar-refractivity contribution >= 4 is 35.8 Å². The molecule has 32 heavy (non-hydrogen) atoms. The summed E-state index contributed by atoms with van der Waals surface area (Å²) in [5, 5.41) is 6.61. The molecule has 1 aliphatic heterocycles. The number of carbonyl (C=O) groups is 1. The van der Waals surface area contributed by atoms with E-state index < -0.39 is 0 Å². The number of likely N-dealkylation sites (tertiary alicyclic amines) is 1. The van der Waals surface area contributed by atoms with Gasteiger partial charge in [0.2, 0.25) is 5.91 Å². The van der Waals surface area contributed by atoms with E-state index in [1.807, 2.05) is 30.3 Å². The smallest absolute Gasteiger partial charge is 0.221 e. The summed E-state index contributed by atoms with van der Waals surface area (Å²) in [4.78, 5) is 18.1. The van der Waals surface area contributed by atoms with Gasteiger partial charge < -0.3 is 21.1 Å². The predicted molar refractivity (Wildman–Crippen MR) is 139 cm³/mol. The number of nitrogens with two attached hydrogens (primary N) is 1. The first-order chi connectivity index (χ1) is 15.1. The standard InChI is InChI=1S/C24H33N5O2.HI/c1-26-24(27-12-14-31-22-10-3-2-4-11-22)28-16-19-7-5-8-20(15-19)17-29-13-6-9-21(18-29)23(25)30;/h2-5,7-8,10-11,15,21H,6,9,12-14,16-18H2,1H3,(H2,25,30)(H2,26,27,28);1H. The van der Waals surface area contributed by atoms with Crippen LogP contribution >= 0.6 is 24.0 Å². The second kappa shape index (κ2) is 13.9. The quantitative estimate of drug-likeness (QED) is 0.193. The first-order valence-electron chi connectivity index (χ1n) is 10.9. The number of nitrogens with one attached hydrogen (secondary N) is 2. The number of benzene rings is 2. The molecule has 0 saturated carbocycles. The number of ether oxygens (including phenoxy) is 1. The first-order valence-corrected chi connectivity index (χ1v) is 10.9. The molecule has 4 N–H and O–H groups in total. The summed E-state index contributed by atoms with van der Waals surface area (Å²) >= 11 is 0. The maximum absolute atomic E-state index is 11.5. The number of para-hydroxylation sites is 1. The summed E-state index contributed by atoms with van der Waals surface area (Å²) in [6.07, 6.45) is 1.92. The van der Waals surface area contributed by atoms with Crippen molar-refractivity contribution in [2.75, 3.05) is 33.3 Å². The Labute approximate surface area is 207 Å². The fourth-order valence-corrected chi connectivity index (χ4v) is 3.79. The monoisotopic (exact) mass is 551 g/mol. The van der Waals surface area contributed by atoms with Crippen LogP contribution in [0.3, 0.4) is 0 Å². The summed E-state index contributed by atoms with van der Waals surface area (Å²) in [6, 6.07) is 18.3. The van der Waals surface area contributed by atoms with Crippen molar-refractivity contribution in [3.05, 3.63) is 65.7 Å². The molecule has 1 unspecified atom stereocenters. The van der Waals surface area contributed by atoms with Crippen LogP contribution in [0.5, 0.6) is 5.75 Å². The minimum Gasteiger partial charge on any atom is -0.492 e. The number of hydrogen-bond acceptors (Lipinski definition) is 4. The van der Waals surface area contributed by atoms with Crippen molar-refractivity contribution < 1.29 is 9.53 Å². The molecular weight excluding hydrogens is 517 g/mol. The number of guanidine groups is 1. The van der Waals surface area contributed by atoms with Gasteiger partial charge in [-0.05, 0) is 42.6 Å². The highest BCUT2D eigenvalue weighted by molar-refractivity contribution is 14.0. The van der Waals surface area contributed by atoms with E-state index >= 15 is 0 Å². The Balaban J connectivity index is 0.00000363. The van der Waals surface area contributed by atoms with Crippen LogP contribution in [0.1, 0.15) is 24.0 Å². The maximum Gasteiger partial charge on any atom is 0.221 e. The molecule has 1 heterocycles.